The van der Waals surface area contributed by atoms with Crippen LogP contribution in [0, 0.1) is 12.3 Å². The van der Waals surface area contributed by atoms with Crippen LogP contribution in [0.5, 0.6) is 0 Å². The maximum atomic E-state index is 11.8. The van der Waals surface area contributed by atoms with Crippen LogP contribution in [0.2, 0.25) is 0 Å². The average molecular weight is 308 g/mol. The minimum atomic E-state index is -0.370. The van der Waals surface area contributed by atoms with Gasteiger partial charge in [0.05, 0.1) is 12.3 Å². The van der Waals surface area contributed by atoms with E-state index in [1.807, 2.05) is 18.2 Å². The lowest BCUT2D eigenvalue weighted by Crippen LogP contribution is -2.36. The standard InChI is InChI=1S/C14H14BrNO2/c1-3-8-16-13(9-10(2)14(16)17)18-12-6-4-11(15)5-7-12/h1,4,6,9,13H,5,7-8H2,2H3. The summed E-state index contributed by atoms with van der Waals surface area (Å²) < 4.78 is 6.99. The van der Waals surface area contributed by atoms with Gasteiger partial charge in [0, 0.05) is 12.0 Å². The quantitative estimate of drug-likeness (QED) is 0.750. The molecule has 0 saturated heterocycles. The number of amides is 1. The lowest BCUT2D eigenvalue weighted by atomic mass is 10.2. The molecule has 1 amide bonds. The molecule has 0 aromatic heterocycles. The molecule has 0 radical (unpaired) electrons. The highest BCUT2D eigenvalue weighted by Crippen LogP contribution is 2.27. The van der Waals surface area contributed by atoms with E-state index < -0.39 is 0 Å². The zero-order valence-electron chi connectivity index (χ0n) is 10.1. The van der Waals surface area contributed by atoms with Gasteiger partial charge in [-0.2, -0.15) is 0 Å². The van der Waals surface area contributed by atoms with Gasteiger partial charge >= 0.3 is 0 Å². The fraction of sp³-hybridized carbons (Fsp3) is 0.357. The smallest absolute Gasteiger partial charge is 0.253 e. The first-order valence-corrected chi connectivity index (χ1v) is 6.56. The van der Waals surface area contributed by atoms with E-state index in [-0.39, 0.29) is 18.7 Å². The van der Waals surface area contributed by atoms with Gasteiger partial charge in [-0.1, -0.05) is 21.9 Å². The largest absolute Gasteiger partial charge is 0.471 e. The van der Waals surface area contributed by atoms with Crippen molar-refractivity contribution in [2.75, 3.05) is 6.54 Å². The Bertz CT molecular complexity index is 496. The van der Waals surface area contributed by atoms with E-state index in [9.17, 15) is 4.79 Å². The van der Waals surface area contributed by atoms with E-state index in [0.29, 0.717) is 5.57 Å². The molecule has 2 rings (SSSR count). The van der Waals surface area contributed by atoms with Crippen molar-refractivity contribution in [1.29, 1.82) is 0 Å². The topological polar surface area (TPSA) is 29.5 Å². The summed E-state index contributed by atoms with van der Waals surface area (Å²) in [5.74, 6) is 3.32. The Kier molecular flexibility index (Phi) is 3.93. The molecule has 1 atom stereocenters. The number of hydrogen-bond acceptors (Lipinski definition) is 2. The Morgan fingerprint density at radius 2 is 2.33 bits per heavy atom. The number of carbonyl (C=O) groups excluding carboxylic acids is 1. The predicted molar refractivity (Wildman–Crippen MR) is 73.5 cm³/mol. The maximum absolute atomic E-state index is 11.8. The van der Waals surface area contributed by atoms with Gasteiger partial charge in [0.25, 0.3) is 5.91 Å². The van der Waals surface area contributed by atoms with E-state index in [2.05, 4.69) is 21.9 Å². The van der Waals surface area contributed by atoms with Gasteiger partial charge in [-0.15, -0.1) is 6.42 Å². The zero-order chi connectivity index (χ0) is 13.1. The number of nitrogens with zero attached hydrogens (tertiary/aromatic N) is 1. The second-order valence-corrected chi connectivity index (χ2v) is 5.26. The molecule has 1 unspecified atom stereocenters. The molecular weight excluding hydrogens is 294 g/mol. The SMILES string of the molecule is C#CCN1C(=O)C(C)=CC1OC1=CC=C(Br)CC1. The second-order valence-electron chi connectivity index (χ2n) is 4.24. The first-order valence-electron chi connectivity index (χ1n) is 5.76. The van der Waals surface area contributed by atoms with Crippen molar-refractivity contribution in [3.63, 3.8) is 0 Å². The number of carbonyl (C=O) groups is 1. The summed E-state index contributed by atoms with van der Waals surface area (Å²) in [4.78, 5) is 13.4. The Balaban J connectivity index is 2.09. The predicted octanol–water partition coefficient (Wildman–Crippen LogP) is 2.71. The fourth-order valence-electron chi connectivity index (χ4n) is 1.92. The first-order chi connectivity index (χ1) is 8.61. The van der Waals surface area contributed by atoms with Gasteiger partial charge in [-0.25, -0.2) is 0 Å². The molecule has 1 aliphatic heterocycles. The van der Waals surface area contributed by atoms with Crippen molar-refractivity contribution in [1.82, 2.24) is 4.90 Å². The van der Waals surface area contributed by atoms with Crippen molar-refractivity contribution >= 4 is 21.8 Å². The lowest BCUT2D eigenvalue weighted by molar-refractivity contribution is -0.131. The molecule has 0 aromatic carbocycles. The molecule has 18 heavy (non-hydrogen) atoms. The van der Waals surface area contributed by atoms with Crippen molar-refractivity contribution < 1.29 is 9.53 Å². The molecule has 0 bridgehead atoms. The van der Waals surface area contributed by atoms with Crippen molar-refractivity contribution in [3.05, 3.63) is 34.0 Å². The summed E-state index contributed by atoms with van der Waals surface area (Å²) in [7, 11) is 0. The van der Waals surface area contributed by atoms with Gasteiger partial charge in [-0.05, 0) is 36.1 Å². The Morgan fingerprint density at radius 3 is 2.94 bits per heavy atom. The summed E-state index contributed by atoms with van der Waals surface area (Å²) in [5.41, 5.74) is 0.684. The van der Waals surface area contributed by atoms with Crippen molar-refractivity contribution in [3.8, 4) is 12.3 Å². The van der Waals surface area contributed by atoms with Crippen LogP contribution in [-0.4, -0.2) is 23.6 Å². The van der Waals surface area contributed by atoms with E-state index >= 15 is 0 Å². The van der Waals surface area contributed by atoms with Crippen LogP contribution >= 0.6 is 15.9 Å². The van der Waals surface area contributed by atoms with E-state index in [4.69, 9.17) is 11.2 Å². The van der Waals surface area contributed by atoms with Crippen molar-refractivity contribution in [2.45, 2.75) is 26.0 Å². The molecule has 1 heterocycles. The second kappa shape index (κ2) is 5.45. The van der Waals surface area contributed by atoms with Crippen LogP contribution in [0.1, 0.15) is 19.8 Å². The van der Waals surface area contributed by atoms with E-state index in [1.165, 1.54) is 0 Å². The number of hydrogen-bond donors (Lipinski definition) is 0. The Hall–Kier alpha value is -1.47. The highest BCUT2D eigenvalue weighted by Gasteiger charge is 2.31. The number of terminal acetylenes is 1. The van der Waals surface area contributed by atoms with Gasteiger partial charge in [0.15, 0.2) is 6.23 Å². The minimum Gasteiger partial charge on any atom is -0.471 e. The molecular formula is C14H14BrNO2. The summed E-state index contributed by atoms with van der Waals surface area (Å²) in [6.45, 7) is 2.05. The Morgan fingerprint density at radius 1 is 1.56 bits per heavy atom. The number of allylic oxidation sites excluding steroid dienone is 4. The number of rotatable bonds is 3. The number of halogens is 1. The molecule has 3 nitrogen and oxygen atoms in total. The summed E-state index contributed by atoms with van der Waals surface area (Å²) in [6.07, 6.45) is 12.4. The van der Waals surface area contributed by atoms with E-state index in [1.54, 1.807) is 11.8 Å². The molecule has 0 spiro atoms. The van der Waals surface area contributed by atoms with E-state index in [0.717, 1.165) is 23.1 Å². The lowest BCUT2D eigenvalue weighted by Gasteiger charge is -2.25. The normalized spacial score (nSPS) is 23.2. The number of ether oxygens (including phenoxy) is 1. The highest BCUT2D eigenvalue weighted by molar-refractivity contribution is 9.11. The molecule has 4 heteroatoms. The van der Waals surface area contributed by atoms with Crippen LogP contribution in [0.15, 0.2) is 34.0 Å². The molecule has 2 aliphatic rings. The van der Waals surface area contributed by atoms with Crippen LogP contribution < -0.4 is 0 Å². The van der Waals surface area contributed by atoms with Gasteiger partial charge in [0.2, 0.25) is 0 Å². The third-order valence-electron chi connectivity index (χ3n) is 2.89. The van der Waals surface area contributed by atoms with Gasteiger partial charge < -0.3 is 4.74 Å². The molecule has 0 saturated carbocycles. The van der Waals surface area contributed by atoms with Crippen LogP contribution in [0.25, 0.3) is 0 Å². The van der Waals surface area contributed by atoms with Crippen LogP contribution in [0.4, 0.5) is 0 Å². The summed E-state index contributed by atoms with van der Waals surface area (Å²) >= 11 is 3.44. The summed E-state index contributed by atoms with van der Waals surface area (Å²) in [6, 6.07) is 0. The first kappa shape index (κ1) is 13.0. The molecule has 94 valence electrons. The molecule has 0 N–H and O–H groups in total. The van der Waals surface area contributed by atoms with Gasteiger partial charge in [0.1, 0.15) is 0 Å². The Labute approximate surface area is 115 Å². The third-order valence-corrected chi connectivity index (χ3v) is 3.55. The molecule has 0 aromatic rings. The highest BCUT2D eigenvalue weighted by atomic mass is 79.9. The zero-order valence-corrected chi connectivity index (χ0v) is 11.7. The molecule has 1 aliphatic carbocycles. The maximum Gasteiger partial charge on any atom is 0.253 e. The minimum absolute atomic E-state index is 0.0499. The third kappa shape index (κ3) is 2.68. The van der Waals surface area contributed by atoms with Crippen LogP contribution in [-0.2, 0) is 9.53 Å². The van der Waals surface area contributed by atoms with Gasteiger partial charge in [-0.3, -0.25) is 9.69 Å². The monoisotopic (exact) mass is 307 g/mol. The van der Waals surface area contributed by atoms with Crippen molar-refractivity contribution in [2.24, 2.45) is 0 Å². The van der Waals surface area contributed by atoms with Crippen LogP contribution in [0.3, 0.4) is 0 Å². The average Bonchev–Trinajstić information content (AvgIpc) is 2.61. The fourth-order valence-corrected chi connectivity index (χ4v) is 2.25. The molecule has 0 fully saturated rings. The summed E-state index contributed by atoms with van der Waals surface area (Å²) in [5, 5.41) is 0.